The zero-order valence-corrected chi connectivity index (χ0v) is 11.6. The number of hydrogen-bond donors (Lipinski definition) is 3. The smallest absolute Gasteiger partial charge is 0.233 e. The summed E-state index contributed by atoms with van der Waals surface area (Å²) >= 11 is 0. The van der Waals surface area contributed by atoms with Crippen molar-refractivity contribution in [1.82, 2.24) is 16.0 Å². The van der Waals surface area contributed by atoms with Crippen molar-refractivity contribution in [2.45, 2.75) is 40.2 Å². The first kappa shape index (κ1) is 14.5. The third kappa shape index (κ3) is 5.04. The molecule has 1 heterocycles. The summed E-state index contributed by atoms with van der Waals surface area (Å²) in [6.07, 6.45) is 1.09. The number of amides is 1. The number of hydrogen-bond acceptors (Lipinski definition) is 3. The fourth-order valence-electron chi connectivity index (χ4n) is 2.15. The van der Waals surface area contributed by atoms with E-state index in [1.165, 1.54) is 0 Å². The van der Waals surface area contributed by atoms with Gasteiger partial charge in [0.15, 0.2) is 0 Å². The van der Waals surface area contributed by atoms with E-state index < -0.39 is 0 Å². The summed E-state index contributed by atoms with van der Waals surface area (Å²) in [5.41, 5.74) is 0.219. The Morgan fingerprint density at radius 3 is 2.76 bits per heavy atom. The molecule has 0 spiro atoms. The average molecular weight is 241 g/mol. The number of nitrogens with one attached hydrogen (secondary N) is 3. The lowest BCUT2D eigenvalue weighted by atomic mass is 9.80. The molecule has 4 heteroatoms. The molecule has 17 heavy (non-hydrogen) atoms. The Morgan fingerprint density at radius 2 is 2.18 bits per heavy atom. The maximum atomic E-state index is 11.6. The molecule has 0 saturated carbocycles. The Balaban J connectivity index is 2.27. The van der Waals surface area contributed by atoms with Crippen molar-refractivity contribution in [1.29, 1.82) is 0 Å². The number of rotatable bonds is 5. The Hall–Kier alpha value is -0.610. The van der Waals surface area contributed by atoms with Crippen LogP contribution in [0.25, 0.3) is 0 Å². The molecule has 0 radical (unpaired) electrons. The molecule has 1 aliphatic rings. The topological polar surface area (TPSA) is 53.2 Å². The molecule has 4 nitrogen and oxygen atoms in total. The zero-order chi connectivity index (χ0) is 12.9. The van der Waals surface area contributed by atoms with E-state index in [1.807, 2.05) is 0 Å². The van der Waals surface area contributed by atoms with Crippen LogP contribution in [0.15, 0.2) is 0 Å². The molecule has 1 aliphatic heterocycles. The van der Waals surface area contributed by atoms with Crippen LogP contribution in [0.3, 0.4) is 0 Å². The van der Waals surface area contributed by atoms with Crippen LogP contribution < -0.4 is 16.0 Å². The van der Waals surface area contributed by atoms with E-state index in [4.69, 9.17) is 0 Å². The quantitative estimate of drug-likeness (QED) is 0.665. The van der Waals surface area contributed by atoms with E-state index in [1.54, 1.807) is 0 Å². The number of carbonyl (C=O) groups is 1. The van der Waals surface area contributed by atoms with Crippen molar-refractivity contribution in [3.05, 3.63) is 0 Å². The van der Waals surface area contributed by atoms with Gasteiger partial charge in [0.2, 0.25) is 5.91 Å². The van der Waals surface area contributed by atoms with Crippen LogP contribution in [-0.4, -0.2) is 38.1 Å². The first-order chi connectivity index (χ1) is 7.92. The normalized spacial score (nSPS) is 23.7. The van der Waals surface area contributed by atoms with E-state index in [2.05, 4.69) is 43.6 Å². The van der Waals surface area contributed by atoms with E-state index in [9.17, 15) is 4.79 Å². The number of carbonyl (C=O) groups excluding carboxylic acids is 1. The van der Waals surface area contributed by atoms with E-state index >= 15 is 0 Å². The molecule has 1 atom stereocenters. The van der Waals surface area contributed by atoms with Crippen LogP contribution in [0.4, 0.5) is 0 Å². The molecule has 1 unspecified atom stereocenters. The van der Waals surface area contributed by atoms with Crippen LogP contribution in [-0.2, 0) is 4.79 Å². The fraction of sp³-hybridized carbons (Fsp3) is 0.923. The van der Waals surface area contributed by atoms with Gasteiger partial charge in [0.1, 0.15) is 0 Å². The third-order valence-electron chi connectivity index (χ3n) is 3.35. The maximum Gasteiger partial charge on any atom is 0.233 e. The van der Waals surface area contributed by atoms with Gasteiger partial charge in [0, 0.05) is 19.1 Å². The van der Waals surface area contributed by atoms with Gasteiger partial charge in [0.05, 0.1) is 6.54 Å². The summed E-state index contributed by atoms with van der Waals surface area (Å²) in [4.78, 5) is 11.6. The highest BCUT2D eigenvalue weighted by Crippen LogP contribution is 2.24. The molecule has 3 N–H and O–H groups in total. The molecule has 0 aromatic rings. The van der Waals surface area contributed by atoms with Gasteiger partial charge >= 0.3 is 0 Å². The van der Waals surface area contributed by atoms with Crippen LogP contribution in [0, 0.1) is 11.3 Å². The Kier molecular flexibility index (Phi) is 5.40. The van der Waals surface area contributed by atoms with Gasteiger partial charge in [-0.3, -0.25) is 4.79 Å². The molecule has 0 aromatic carbocycles. The fourth-order valence-corrected chi connectivity index (χ4v) is 2.15. The minimum atomic E-state index is 0.105. The summed E-state index contributed by atoms with van der Waals surface area (Å²) in [5.74, 6) is 0.613. The molecule has 1 rings (SSSR count). The van der Waals surface area contributed by atoms with Crippen molar-refractivity contribution in [2.75, 3.05) is 26.2 Å². The second-order valence-electron chi connectivity index (χ2n) is 6.09. The van der Waals surface area contributed by atoms with E-state index in [0.29, 0.717) is 18.5 Å². The van der Waals surface area contributed by atoms with Gasteiger partial charge < -0.3 is 16.0 Å². The molecule has 0 aromatic heterocycles. The van der Waals surface area contributed by atoms with Crippen molar-refractivity contribution in [3.8, 4) is 0 Å². The molecular formula is C13H27N3O. The highest BCUT2D eigenvalue weighted by atomic mass is 16.1. The molecule has 100 valence electrons. The van der Waals surface area contributed by atoms with Gasteiger partial charge in [-0.25, -0.2) is 0 Å². The monoisotopic (exact) mass is 241 g/mol. The van der Waals surface area contributed by atoms with Crippen molar-refractivity contribution in [3.63, 3.8) is 0 Å². The Morgan fingerprint density at radius 1 is 1.47 bits per heavy atom. The lowest BCUT2D eigenvalue weighted by Gasteiger charge is -2.39. The molecule has 0 aliphatic carbocycles. The SMILES string of the molecule is CC(C)CNC(=O)CNC1CCNCC1(C)C. The van der Waals surface area contributed by atoms with Crippen LogP contribution in [0.1, 0.15) is 34.1 Å². The highest BCUT2D eigenvalue weighted by Gasteiger charge is 2.31. The van der Waals surface area contributed by atoms with Crippen molar-refractivity contribution >= 4 is 5.91 Å². The summed E-state index contributed by atoms with van der Waals surface area (Å²) in [5, 5.41) is 9.71. The minimum absolute atomic E-state index is 0.105. The second-order valence-corrected chi connectivity index (χ2v) is 6.09. The van der Waals surface area contributed by atoms with Crippen LogP contribution in [0.5, 0.6) is 0 Å². The average Bonchev–Trinajstić information content (AvgIpc) is 2.24. The van der Waals surface area contributed by atoms with Gasteiger partial charge in [-0.05, 0) is 24.3 Å². The first-order valence-corrected chi connectivity index (χ1v) is 6.62. The first-order valence-electron chi connectivity index (χ1n) is 6.62. The van der Waals surface area contributed by atoms with E-state index in [0.717, 1.165) is 26.1 Å². The highest BCUT2D eigenvalue weighted by molar-refractivity contribution is 5.78. The van der Waals surface area contributed by atoms with Crippen LogP contribution >= 0.6 is 0 Å². The molecule has 1 saturated heterocycles. The Bertz CT molecular complexity index is 251. The summed E-state index contributed by atoms with van der Waals surface area (Å²) in [6.45, 7) is 11.9. The maximum absolute atomic E-state index is 11.6. The van der Waals surface area contributed by atoms with Crippen LogP contribution in [0.2, 0.25) is 0 Å². The van der Waals surface area contributed by atoms with Gasteiger partial charge in [-0.1, -0.05) is 27.7 Å². The predicted molar refractivity (Wildman–Crippen MR) is 70.9 cm³/mol. The predicted octanol–water partition coefficient (Wildman–Crippen LogP) is 0.736. The lowest BCUT2D eigenvalue weighted by Crippen LogP contribution is -2.54. The Labute approximate surface area is 105 Å². The largest absolute Gasteiger partial charge is 0.355 e. The summed E-state index contributed by atoms with van der Waals surface area (Å²) < 4.78 is 0. The van der Waals surface area contributed by atoms with Gasteiger partial charge in [-0.2, -0.15) is 0 Å². The standard InChI is InChI=1S/C13H27N3O/c1-10(2)7-16-12(17)8-15-11-5-6-14-9-13(11,3)4/h10-11,14-15H,5-9H2,1-4H3,(H,16,17). The summed E-state index contributed by atoms with van der Waals surface area (Å²) in [6, 6.07) is 0.425. The zero-order valence-electron chi connectivity index (χ0n) is 11.6. The van der Waals surface area contributed by atoms with Gasteiger partial charge in [0.25, 0.3) is 0 Å². The van der Waals surface area contributed by atoms with Crippen molar-refractivity contribution < 1.29 is 4.79 Å². The molecule has 1 fully saturated rings. The lowest BCUT2D eigenvalue weighted by molar-refractivity contribution is -0.120. The van der Waals surface area contributed by atoms with E-state index in [-0.39, 0.29) is 11.3 Å². The third-order valence-corrected chi connectivity index (χ3v) is 3.35. The molecule has 0 bridgehead atoms. The van der Waals surface area contributed by atoms with Gasteiger partial charge in [-0.15, -0.1) is 0 Å². The molecule has 1 amide bonds. The molecular weight excluding hydrogens is 214 g/mol. The summed E-state index contributed by atoms with van der Waals surface area (Å²) in [7, 11) is 0. The van der Waals surface area contributed by atoms with Crippen molar-refractivity contribution in [2.24, 2.45) is 11.3 Å². The second kappa shape index (κ2) is 6.36. The minimum Gasteiger partial charge on any atom is -0.355 e. The number of piperidine rings is 1.